The van der Waals surface area contributed by atoms with E-state index in [-0.39, 0.29) is 23.9 Å². The van der Waals surface area contributed by atoms with Gasteiger partial charge in [-0.3, -0.25) is 14.6 Å². The minimum atomic E-state index is -0.233. The number of carbonyl (C=O) groups is 2. The number of carbonyl (C=O) groups excluding carboxylic acids is 2. The Morgan fingerprint density at radius 2 is 1.85 bits per heavy atom. The van der Waals surface area contributed by atoms with Crippen LogP contribution in [0.15, 0.2) is 48.9 Å². The van der Waals surface area contributed by atoms with Gasteiger partial charge in [0.2, 0.25) is 5.91 Å². The molecule has 26 heavy (non-hydrogen) atoms. The average Bonchev–Trinajstić information content (AvgIpc) is 2.66. The van der Waals surface area contributed by atoms with Crippen molar-refractivity contribution in [2.75, 3.05) is 33.7 Å². The molecule has 0 aliphatic carbocycles. The van der Waals surface area contributed by atoms with Crippen molar-refractivity contribution in [2.45, 2.75) is 13.0 Å². The molecule has 0 radical (unpaired) electrons. The summed E-state index contributed by atoms with van der Waals surface area (Å²) < 4.78 is 0. The molecule has 7 heteroatoms. The summed E-state index contributed by atoms with van der Waals surface area (Å²) in [4.78, 5) is 36.5. The number of nitrogens with zero attached hydrogens (tertiary/aromatic N) is 4. The van der Waals surface area contributed by atoms with E-state index in [2.05, 4.69) is 15.3 Å². The highest BCUT2D eigenvalue weighted by Crippen LogP contribution is 2.09. The molecule has 2 rings (SSSR count). The van der Waals surface area contributed by atoms with Gasteiger partial charge in [-0.2, -0.15) is 0 Å². The molecule has 0 saturated carbocycles. The third-order valence-corrected chi connectivity index (χ3v) is 3.78. The standard InChI is InChI=1S/C19H25N5O2/c1-23(2)13-11-22-18(25)8-12-24(15-16-6-4-3-5-7-16)19(26)17-14-20-9-10-21-17/h3-7,9-10,14H,8,11-13,15H2,1-2H3,(H,22,25). The van der Waals surface area contributed by atoms with E-state index in [9.17, 15) is 9.59 Å². The van der Waals surface area contributed by atoms with E-state index >= 15 is 0 Å². The molecule has 0 spiro atoms. The first-order chi connectivity index (χ1) is 12.6. The molecule has 7 nitrogen and oxygen atoms in total. The van der Waals surface area contributed by atoms with Gasteiger partial charge in [0.1, 0.15) is 5.69 Å². The van der Waals surface area contributed by atoms with Crippen LogP contribution in [0.25, 0.3) is 0 Å². The zero-order valence-corrected chi connectivity index (χ0v) is 15.3. The number of rotatable bonds is 9. The second-order valence-electron chi connectivity index (χ2n) is 6.21. The molecule has 0 aliphatic heterocycles. The lowest BCUT2D eigenvalue weighted by molar-refractivity contribution is -0.121. The Balaban J connectivity index is 1.99. The maximum atomic E-state index is 12.8. The highest BCUT2D eigenvalue weighted by molar-refractivity contribution is 5.92. The first-order valence-electron chi connectivity index (χ1n) is 8.57. The lowest BCUT2D eigenvalue weighted by atomic mass is 10.2. The second kappa shape index (κ2) is 10.2. The van der Waals surface area contributed by atoms with Crippen LogP contribution in [0, 0.1) is 0 Å². The van der Waals surface area contributed by atoms with Gasteiger partial charge in [-0.1, -0.05) is 30.3 Å². The fourth-order valence-electron chi connectivity index (χ4n) is 2.37. The van der Waals surface area contributed by atoms with Gasteiger partial charge in [0.25, 0.3) is 5.91 Å². The second-order valence-corrected chi connectivity index (χ2v) is 6.21. The molecule has 0 fully saturated rings. The first-order valence-corrected chi connectivity index (χ1v) is 8.57. The number of amides is 2. The summed E-state index contributed by atoms with van der Waals surface area (Å²) in [5.74, 6) is -0.306. The van der Waals surface area contributed by atoms with Gasteiger partial charge in [-0.25, -0.2) is 4.98 Å². The summed E-state index contributed by atoms with van der Waals surface area (Å²) in [5, 5.41) is 2.87. The van der Waals surface area contributed by atoms with Crippen molar-refractivity contribution in [2.24, 2.45) is 0 Å². The van der Waals surface area contributed by atoms with E-state index in [1.807, 2.05) is 49.3 Å². The number of hydrogen-bond donors (Lipinski definition) is 1. The molecule has 2 amide bonds. The van der Waals surface area contributed by atoms with Crippen molar-refractivity contribution in [3.63, 3.8) is 0 Å². The summed E-state index contributed by atoms with van der Waals surface area (Å²) in [6.45, 7) is 2.10. The molecule has 1 heterocycles. The molecule has 0 aliphatic rings. The van der Waals surface area contributed by atoms with Crippen LogP contribution < -0.4 is 5.32 Å². The van der Waals surface area contributed by atoms with E-state index in [0.29, 0.717) is 19.6 Å². The van der Waals surface area contributed by atoms with Crippen molar-refractivity contribution in [1.29, 1.82) is 0 Å². The largest absolute Gasteiger partial charge is 0.355 e. The van der Waals surface area contributed by atoms with Gasteiger partial charge in [0.15, 0.2) is 0 Å². The number of nitrogens with one attached hydrogen (secondary N) is 1. The fourth-order valence-corrected chi connectivity index (χ4v) is 2.37. The lowest BCUT2D eigenvalue weighted by Crippen LogP contribution is -2.37. The quantitative estimate of drug-likeness (QED) is 0.731. The van der Waals surface area contributed by atoms with E-state index in [1.165, 1.54) is 18.6 Å². The minimum Gasteiger partial charge on any atom is -0.355 e. The average molecular weight is 355 g/mol. The summed E-state index contributed by atoms with van der Waals surface area (Å²) in [5.41, 5.74) is 1.27. The highest BCUT2D eigenvalue weighted by atomic mass is 16.2. The molecule has 138 valence electrons. The normalized spacial score (nSPS) is 10.6. The van der Waals surface area contributed by atoms with Crippen LogP contribution in [-0.2, 0) is 11.3 Å². The molecule has 0 atom stereocenters. The monoisotopic (exact) mass is 355 g/mol. The van der Waals surface area contributed by atoms with Gasteiger partial charge in [-0.15, -0.1) is 0 Å². The first kappa shape index (κ1) is 19.5. The van der Waals surface area contributed by atoms with Gasteiger partial charge < -0.3 is 15.1 Å². The minimum absolute atomic E-state index is 0.0724. The van der Waals surface area contributed by atoms with Crippen LogP contribution in [0.5, 0.6) is 0 Å². The molecule has 0 saturated heterocycles. The highest BCUT2D eigenvalue weighted by Gasteiger charge is 2.18. The Morgan fingerprint density at radius 1 is 1.08 bits per heavy atom. The zero-order chi connectivity index (χ0) is 18.8. The third-order valence-electron chi connectivity index (χ3n) is 3.78. The summed E-state index contributed by atoms with van der Waals surface area (Å²) in [6.07, 6.45) is 4.70. The van der Waals surface area contributed by atoms with E-state index < -0.39 is 0 Å². The molecule has 1 N–H and O–H groups in total. The van der Waals surface area contributed by atoms with Crippen LogP contribution in [0.2, 0.25) is 0 Å². The van der Waals surface area contributed by atoms with Crippen LogP contribution in [-0.4, -0.2) is 65.3 Å². The summed E-state index contributed by atoms with van der Waals surface area (Å²) >= 11 is 0. The maximum Gasteiger partial charge on any atom is 0.274 e. The maximum absolute atomic E-state index is 12.8. The predicted octanol–water partition coefficient (Wildman–Crippen LogP) is 1.19. The van der Waals surface area contributed by atoms with Crippen LogP contribution in [0.1, 0.15) is 22.5 Å². The number of likely N-dealkylation sites (N-methyl/N-ethyl adjacent to an activating group) is 1. The fraction of sp³-hybridized carbons (Fsp3) is 0.368. The van der Waals surface area contributed by atoms with Crippen molar-refractivity contribution in [1.82, 2.24) is 25.1 Å². The van der Waals surface area contributed by atoms with Gasteiger partial charge in [0, 0.05) is 45.0 Å². The SMILES string of the molecule is CN(C)CCNC(=O)CCN(Cc1ccccc1)C(=O)c1cnccn1. The Kier molecular flexibility index (Phi) is 7.70. The van der Waals surface area contributed by atoms with Crippen LogP contribution >= 0.6 is 0 Å². The van der Waals surface area contributed by atoms with Crippen molar-refractivity contribution in [3.05, 3.63) is 60.2 Å². The van der Waals surface area contributed by atoms with Gasteiger partial charge in [-0.05, 0) is 19.7 Å². The molecule has 1 aromatic heterocycles. The predicted molar refractivity (Wildman–Crippen MR) is 99.4 cm³/mol. The summed E-state index contributed by atoms with van der Waals surface area (Å²) in [7, 11) is 3.90. The topological polar surface area (TPSA) is 78.4 Å². The summed E-state index contributed by atoms with van der Waals surface area (Å²) in [6, 6.07) is 9.68. The lowest BCUT2D eigenvalue weighted by Gasteiger charge is -2.22. The Bertz CT molecular complexity index is 692. The van der Waals surface area contributed by atoms with E-state index in [4.69, 9.17) is 0 Å². The van der Waals surface area contributed by atoms with Gasteiger partial charge in [0.05, 0.1) is 6.20 Å². The molecular weight excluding hydrogens is 330 g/mol. The van der Waals surface area contributed by atoms with Crippen LogP contribution in [0.4, 0.5) is 0 Å². The number of hydrogen-bond acceptors (Lipinski definition) is 5. The third kappa shape index (κ3) is 6.60. The molecule has 0 unspecified atom stereocenters. The van der Waals surface area contributed by atoms with E-state index in [1.54, 1.807) is 4.90 Å². The Hall–Kier alpha value is -2.80. The Morgan fingerprint density at radius 3 is 2.50 bits per heavy atom. The molecule has 2 aromatic rings. The van der Waals surface area contributed by atoms with Crippen molar-refractivity contribution < 1.29 is 9.59 Å². The van der Waals surface area contributed by atoms with E-state index in [0.717, 1.165) is 12.1 Å². The van der Waals surface area contributed by atoms with Crippen molar-refractivity contribution in [3.8, 4) is 0 Å². The number of benzene rings is 1. The molecule has 1 aromatic carbocycles. The van der Waals surface area contributed by atoms with Crippen molar-refractivity contribution >= 4 is 11.8 Å². The van der Waals surface area contributed by atoms with Crippen LogP contribution in [0.3, 0.4) is 0 Å². The Labute approximate surface area is 154 Å². The molecule has 0 bridgehead atoms. The number of aromatic nitrogens is 2. The zero-order valence-electron chi connectivity index (χ0n) is 15.3. The molecular formula is C19H25N5O2. The van der Waals surface area contributed by atoms with Gasteiger partial charge >= 0.3 is 0 Å². The smallest absolute Gasteiger partial charge is 0.274 e.